The van der Waals surface area contributed by atoms with Crippen molar-refractivity contribution in [3.05, 3.63) is 35.8 Å². The van der Waals surface area contributed by atoms with E-state index in [0.29, 0.717) is 22.3 Å². The fourth-order valence-electron chi connectivity index (χ4n) is 2.04. The fraction of sp³-hybridized carbons (Fsp3) is 0.214. The summed E-state index contributed by atoms with van der Waals surface area (Å²) in [5.41, 5.74) is 8.55. The van der Waals surface area contributed by atoms with Gasteiger partial charge < -0.3 is 14.9 Å². The van der Waals surface area contributed by atoms with Crippen molar-refractivity contribution < 1.29 is 9.53 Å². The Kier molecular flexibility index (Phi) is 3.34. The van der Waals surface area contributed by atoms with Crippen LogP contribution in [0, 0.1) is 6.92 Å². The molecular formula is C14H14N4O2S. The molecule has 0 unspecified atom stereocenters. The van der Waals surface area contributed by atoms with E-state index >= 15 is 0 Å². The summed E-state index contributed by atoms with van der Waals surface area (Å²) in [6.45, 7) is 4.05. The van der Waals surface area contributed by atoms with Gasteiger partial charge in [-0.05, 0) is 31.5 Å². The van der Waals surface area contributed by atoms with E-state index in [1.165, 1.54) is 11.3 Å². The van der Waals surface area contributed by atoms with Crippen LogP contribution >= 0.6 is 11.3 Å². The number of fused-ring (bicyclic) bond motifs is 1. The van der Waals surface area contributed by atoms with E-state index in [0.717, 1.165) is 11.2 Å². The van der Waals surface area contributed by atoms with E-state index in [2.05, 4.69) is 9.97 Å². The zero-order chi connectivity index (χ0) is 15.0. The van der Waals surface area contributed by atoms with Gasteiger partial charge >= 0.3 is 5.97 Å². The number of anilines is 1. The topological polar surface area (TPSA) is 82.5 Å². The number of thiazole rings is 1. The van der Waals surface area contributed by atoms with E-state index < -0.39 is 5.97 Å². The van der Waals surface area contributed by atoms with Crippen LogP contribution in [-0.2, 0) is 4.74 Å². The maximum Gasteiger partial charge on any atom is 0.358 e. The first-order valence-corrected chi connectivity index (χ1v) is 7.29. The van der Waals surface area contributed by atoms with E-state index in [1.807, 2.05) is 35.9 Å². The summed E-state index contributed by atoms with van der Waals surface area (Å²) in [5.74, 6) is -0.478. The summed E-state index contributed by atoms with van der Waals surface area (Å²) < 4.78 is 6.91. The van der Waals surface area contributed by atoms with Crippen molar-refractivity contribution in [2.24, 2.45) is 0 Å². The molecule has 0 aliphatic rings. The largest absolute Gasteiger partial charge is 0.461 e. The molecule has 0 aliphatic heterocycles. The van der Waals surface area contributed by atoms with Gasteiger partial charge in [0.2, 0.25) is 0 Å². The molecule has 108 valence electrons. The summed E-state index contributed by atoms with van der Waals surface area (Å²) in [6.07, 6.45) is 3.78. The van der Waals surface area contributed by atoms with Gasteiger partial charge in [0.05, 0.1) is 11.5 Å². The van der Waals surface area contributed by atoms with Crippen LogP contribution in [-0.4, -0.2) is 26.9 Å². The van der Waals surface area contributed by atoms with Crippen LogP contribution in [0.2, 0.25) is 0 Å². The third kappa shape index (κ3) is 2.47. The average molecular weight is 302 g/mol. The van der Waals surface area contributed by atoms with Gasteiger partial charge in [0.15, 0.2) is 10.8 Å². The molecule has 0 fully saturated rings. The van der Waals surface area contributed by atoms with E-state index in [4.69, 9.17) is 10.5 Å². The number of nitrogens with zero attached hydrogens (tertiary/aromatic N) is 3. The summed E-state index contributed by atoms with van der Waals surface area (Å²) in [4.78, 5) is 21.2. The van der Waals surface area contributed by atoms with Crippen LogP contribution in [0.3, 0.4) is 0 Å². The molecule has 21 heavy (non-hydrogen) atoms. The minimum absolute atomic E-state index is 0.222. The molecule has 6 nitrogen and oxygen atoms in total. The Morgan fingerprint density at radius 2 is 2.29 bits per heavy atom. The second-order valence-electron chi connectivity index (χ2n) is 4.55. The monoisotopic (exact) mass is 302 g/mol. The molecule has 0 amide bonds. The second-order valence-corrected chi connectivity index (χ2v) is 5.58. The summed E-state index contributed by atoms with van der Waals surface area (Å²) in [7, 11) is 0. The van der Waals surface area contributed by atoms with Gasteiger partial charge in [-0.3, -0.25) is 0 Å². The standard InChI is InChI=1S/C14H14N4O2S/c1-3-20-13(19)11-12(21-14(15)17-11)9-7-18-5-4-8(2)6-10(18)16-9/h4-7H,3H2,1-2H3,(H2,15,17). The Hall–Kier alpha value is -2.41. The SMILES string of the molecule is CCOC(=O)c1nc(N)sc1-c1cn2ccc(C)cc2n1. The summed E-state index contributed by atoms with van der Waals surface area (Å²) >= 11 is 1.23. The van der Waals surface area contributed by atoms with Gasteiger partial charge in [0.25, 0.3) is 0 Å². The summed E-state index contributed by atoms with van der Waals surface area (Å²) in [5, 5.41) is 0.321. The van der Waals surface area contributed by atoms with E-state index in [-0.39, 0.29) is 5.69 Å². The third-order valence-corrected chi connectivity index (χ3v) is 3.87. The zero-order valence-electron chi connectivity index (χ0n) is 11.7. The minimum atomic E-state index is -0.478. The van der Waals surface area contributed by atoms with Crippen LogP contribution in [0.25, 0.3) is 16.2 Å². The molecule has 0 bridgehead atoms. The molecule has 0 aliphatic carbocycles. The lowest BCUT2D eigenvalue weighted by atomic mass is 10.3. The first-order valence-electron chi connectivity index (χ1n) is 6.47. The lowest BCUT2D eigenvalue weighted by molar-refractivity contribution is 0.0521. The number of ether oxygens (including phenoxy) is 1. The predicted molar refractivity (Wildman–Crippen MR) is 81.4 cm³/mol. The van der Waals surface area contributed by atoms with Crippen LogP contribution in [0.15, 0.2) is 24.5 Å². The van der Waals surface area contributed by atoms with Gasteiger partial charge in [0.1, 0.15) is 11.3 Å². The van der Waals surface area contributed by atoms with Crippen LogP contribution < -0.4 is 5.73 Å². The first-order chi connectivity index (χ1) is 10.1. The molecule has 2 N–H and O–H groups in total. The Bertz CT molecular complexity index is 822. The number of hydrogen-bond donors (Lipinski definition) is 1. The van der Waals surface area contributed by atoms with Crippen molar-refractivity contribution in [1.82, 2.24) is 14.4 Å². The number of rotatable bonds is 3. The number of imidazole rings is 1. The number of aryl methyl sites for hydroxylation is 1. The number of nitrogens with two attached hydrogens (primary N) is 1. The molecule has 0 spiro atoms. The third-order valence-electron chi connectivity index (χ3n) is 2.96. The van der Waals surface area contributed by atoms with Crippen molar-refractivity contribution in [2.45, 2.75) is 13.8 Å². The molecule has 3 heterocycles. The van der Waals surface area contributed by atoms with Crippen molar-refractivity contribution in [3.63, 3.8) is 0 Å². The normalized spacial score (nSPS) is 11.0. The Morgan fingerprint density at radius 3 is 3.05 bits per heavy atom. The Labute approximate surface area is 125 Å². The highest BCUT2D eigenvalue weighted by Crippen LogP contribution is 2.31. The number of aromatic nitrogens is 3. The van der Waals surface area contributed by atoms with Crippen LogP contribution in [0.4, 0.5) is 5.13 Å². The van der Waals surface area contributed by atoms with E-state index in [1.54, 1.807) is 6.92 Å². The first kappa shape index (κ1) is 13.6. The minimum Gasteiger partial charge on any atom is -0.461 e. The van der Waals surface area contributed by atoms with E-state index in [9.17, 15) is 4.79 Å². The maximum absolute atomic E-state index is 12.0. The quantitative estimate of drug-likeness (QED) is 0.752. The molecule has 7 heteroatoms. The number of nitrogen functional groups attached to an aromatic ring is 1. The lowest BCUT2D eigenvalue weighted by Gasteiger charge is -1.99. The van der Waals surface area contributed by atoms with Gasteiger partial charge in [-0.2, -0.15) is 0 Å². The van der Waals surface area contributed by atoms with Crippen molar-refractivity contribution >= 4 is 28.1 Å². The van der Waals surface area contributed by atoms with Gasteiger partial charge in [-0.25, -0.2) is 14.8 Å². The van der Waals surface area contributed by atoms with Crippen LogP contribution in [0.1, 0.15) is 23.0 Å². The fourth-order valence-corrected chi connectivity index (χ4v) is 2.82. The highest BCUT2D eigenvalue weighted by molar-refractivity contribution is 7.19. The van der Waals surface area contributed by atoms with Crippen molar-refractivity contribution in [2.75, 3.05) is 12.3 Å². The number of carbonyl (C=O) groups excluding carboxylic acids is 1. The number of esters is 1. The smallest absolute Gasteiger partial charge is 0.358 e. The lowest BCUT2D eigenvalue weighted by Crippen LogP contribution is -2.06. The summed E-state index contributed by atoms with van der Waals surface area (Å²) in [6, 6.07) is 3.96. The molecular weight excluding hydrogens is 288 g/mol. The van der Waals surface area contributed by atoms with Crippen LogP contribution in [0.5, 0.6) is 0 Å². The predicted octanol–water partition coefficient (Wildman–Crippen LogP) is 2.53. The molecule has 0 atom stereocenters. The average Bonchev–Trinajstić information content (AvgIpc) is 3.01. The molecule has 0 saturated heterocycles. The molecule has 3 aromatic rings. The highest BCUT2D eigenvalue weighted by Gasteiger charge is 2.21. The molecule has 0 aromatic carbocycles. The molecule has 3 aromatic heterocycles. The highest BCUT2D eigenvalue weighted by atomic mass is 32.1. The number of carbonyl (C=O) groups is 1. The van der Waals surface area contributed by atoms with Gasteiger partial charge in [-0.1, -0.05) is 11.3 Å². The molecule has 0 saturated carbocycles. The number of hydrogen-bond acceptors (Lipinski definition) is 6. The maximum atomic E-state index is 12.0. The van der Waals surface area contributed by atoms with Crippen molar-refractivity contribution in [1.29, 1.82) is 0 Å². The van der Waals surface area contributed by atoms with Gasteiger partial charge in [0, 0.05) is 12.4 Å². The Balaban J connectivity index is 2.11. The molecule has 3 rings (SSSR count). The number of pyridine rings is 1. The molecule has 0 radical (unpaired) electrons. The second kappa shape index (κ2) is 5.17. The van der Waals surface area contributed by atoms with Gasteiger partial charge in [-0.15, -0.1) is 0 Å². The van der Waals surface area contributed by atoms with Crippen molar-refractivity contribution in [3.8, 4) is 10.6 Å². The zero-order valence-corrected chi connectivity index (χ0v) is 12.5. The Morgan fingerprint density at radius 1 is 1.48 bits per heavy atom.